The highest BCUT2D eigenvalue weighted by molar-refractivity contribution is 5.87. The van der Waals surface area contributed by atoms with Crippen LogP contribution in [0.1, 0.15) is 43.7 Å². The molecule has 4 atom stereocenters. The summed E-state index contributed by atoms with van der Waals surface area (Å²) >= 11 is 0. The average Bonchev–Trinajstić information content (AvgIpc) is 2.66. The van der Waals surface area contributed by atoms with Crippen LogP contribution in [0.25, 0.3) is 0 Å². The first-order valence-electron chi connectivity index (χ1n) is 8.77. The second kappa shape index (κ2) is 8.05. The van der Waals surface area contributed by atoms with Crippen molar-refractivity contribution in [2.45, 2.75) is 49.9 Å². The number of esters is 2. The number of benzene rings is 1. The molecule has 0 aromatic heterocycles. The van der Waals surface area contributed by atoms with Gasteiger partial charge in [0.1, 0.15) is 0 Å². The lowest BCUT2D eigenvalue weighted by Gasteiger charge is -2.47. The molecule has 4 N–H and O–H groups in total. The van der Waals surface area contributed by atoms with Gasteiger partial charge < -0.3 is 25.4 Å². The Hall–Kier alpha value is -2.47. The van der Waals surface area contributed by atoms with E-state index in [1.165, 1.54) is 0 Å². The Morgan fingerprint density at radius 2 is 1.56 bits per heavy atom. The van der Waals surface area contributed by atoms with Crippen LogP contribution in [0.15, 0.2) is 24.3 Å². The number of ether oxygens (including phenoxy) is 2. The first kappa shape index (κ1) is 20.8. The Bertz CT molecular complexity index is 710. The first-order valence-corrected chi connectivity index (χ1v) is 8.77. The van der Waals surface area contributed by atoms with Gasteiger partial charge in [-0.1, -0.05) is 12.1 Å². The standard InChI is InChI=1S/C19H24N2O6/c1-3-26-16(22)18(24)9-14(13-7-5-12(11-20)6-8-13)10-19(25,15(18)21)17(23)27-4-2/h5-8,14-15,24-25H,3-4,9-10,21H2,1-2H3/t14-,15-,18-,19+. The molecular formula is C19H24N2O6. The molecule has 0 unspecified atom stereocenters. The molecule has 1 fully saturated rings. The normalized spacial score (nSPS) is 30.2. The summed E-state index contributed by atoms with van der Waals surface area (Å²) in [6.45, 7) is 3.16. The van der Waals surface area contributed by atoms with Crippen LogP contribution in [0.4, 0.5) is 0 Å². The highest BCUT2D eigenvalue weighted by Gasteiger charge is 2.62. The number of nitrogens with zero attached hydrogens (tertiary/aromatic N) is 1. The third-order valence-electron chi connectivity index (χ3n) is 4.91. The fraction of sp³-hybridized carbons (Fsp3) is 0.526. The van der Waals surface area contributed by atoms with E-state index in [1.807, 2.05) is 6.07 Å². The molecule has 0 radical (unpaired) electrons. The van der Waals surface area contributed by atoms with Crippen molar-refractivity contribution in [3.05, 3.63) is 35.4 Å². The highest BCUT2D eigenvalue weighted by Crippen LogP contribution is 2.44. The summed E-state index contributed by atoms with van der Waals surface area (Å²) in [6.07, 6.45) is -0.277. The van der Waals surface area contributed by atoms with E-state index in [1.54, 1.807) is 38.1 Å². The van der Waals surface area contributed by atoms with E-state index in [2.05, 4.69) is 0 Å². The van der Waals surface area contributed by atoms with Gasteiger partial charge in [-0.25, -0.2) is 9.59 Å². The lowest BCUT2D eigenvalue weighted by Crippen LogP contribution is -2.71. The Kier molecular flexibility index (Phi) is 6.21. The molecule has 8 heteroatoms. The van der Waals surface area contributed by atoms with Crippen LogP contribution in [0.5, 0.6) is 0 Å². The summed E-state index contributed by atoms with van der Waals surface area (Å²) < 4.78 is 9.87. The molecule has 1 aromatic carbocycles. The van der Waals surface area contributed by atoms with Gasteiger partial charge in [-0.2, -0.15) is 5.26 Å². The van der Waals surface area contributed by atoms with E-state index < -0.39 is 35.1 Å². The number of hydrogen-bond donors (Lipinski definition) is 3. The van der Waals surface area contributed by atoms with E-state index in [9.17, 15) is 19.8 Å². The number of carbonyl (C=O) groups excluding carboxylic acids is 2. The molecule has 0 bridgehead atoms. The molecule has 0 saturated heterocycles. The Morgan fingerprint density at radius 1 is 1.11 bits per heavy atom. The van der Waals surface area contributed by atoms with Gasteiger partial charge in [0.15, 0.2) is 11.2 Å². The molecule has 1 saturated carbocycles. The fourth-order valence-electron chi connectivity index (χ4n) is 3.47. The predicted octanol–water partition coefficient (Wildman–Crippen LogP) is 0.351. The lowest BCUT2D eigenvalue weighted by atomic mass is 9.64. The number of rotatable bonds is 5. The topological polar surface area (TPSA) is 143 Å². The predicted molar refractivity (Wildman–Crippen MR) is 94.3 cm³/mol. The summed E-state index contributed by atoms with van der Waals surface area (Å²) in [6, 6.07) is 6.85. The number of aliphatic hydroxyl groups is 2. The monoisotopic (exact) mass is 376 g/mol. The number of nitrogens with two attached hydrogens (primary N) is 1. The van der Waals surface area contributed by atoms with Gasteiger partial charge in [-0.3, -0.25) is 0 Å². The SMILES string of the molecule is CCOC(=O)[C@]1(O)C[C@H](c2ccc(C#N)cc2)C[C@](O)(C(=O)OCC)[C@H]1N. The van der Waals surface area contributed by atoms with Crippen molar-refractivity contribution in [1.82, 2.24) is 0 Å². The van der Waals surface area contributed by atoms with Gasteiger partial charge in [0.05, 0.1) is 30.9 Å². The number of carbonyl (C=O) groups is 2. The van der Waals surface area contributed by atoms with Gasteiger partial charge in [-0.15, -0.1) is 0 Å². The van der Waals surface area contributed by atoms with Crippen molar-refractivity contribution in [2.75, 3.05) is 13.2 Å². The zero-order valence-corrected chi connectivity index (χ0v) is 15.3. The van der Waals surface area contributed by atoms with Gasteiger partial charge in [0.25, 0.3) is 0 Å². The van der Waals surface area contributed by atoms with Crippen LogP contribution in [0, 0.1) is 11.3 Å². The third-order valence-corrected chi connectivity index (χ3v) is 4.91. The van der Waals surface area contributed by atoms with E-state index in [0.717, 1.165) is 0 Å². The van der Waals surface area contributed by atoms with E-state index in [-0.39, 0.29) is 26.1 Å². The summed E-state index contributed by atoms with van der Waals surface area (Å²) in [4.78, 5) is 24.8. The smallest absolute Gasteiger partial charge is 0.339 e. The van der Waals surface area contributed by atoms with Crippen molar-refractivity contribution >= 4 is 11.9 Å². The largest absolute Gasteiger partial charge is 0.464 e. The van der Waals surface area contributed by atoms with E-state index in [4.69, 9.17) is 20.5 Å². The number of nitriles is 1. The number of hydrogen-bond acceptors (Lipinski definition) is 8. The first-order chi connectivity index (χ1) is 12.7. The molecule has 0 spiro atoms. The van der Waals surface area contributed by atoms with Crippen molar-refractivity contribution in [1.29, 1.82) is 5.26 Å². The minimum atomic E-state index is -2.27. The molecule has 1 aromatic rings. The average molecular weight is 376 g/mol. The molecule has 2 rings (SSSR count). The highest BCUT2D eigenvalue weighted by atomic mass is 16.6. The van der Waals surface area contributed by atoms with Gasteiger partial charge in [0, 0.05) is 0 Å². The zero-order chi connectivity index (χ0) is 20.2. The van der Waals surface area contributed by atoms with Crippen LogP contribution in [0.2, 0.25) is 0 Å². The third kappa shape index (κ3) is 3.81. The molecular weight excluding hydrogens is 352 g/mol. The van der Waals surface area contributed by atoms with Crippen molar-refractivity contribution in [3.8, 4) is 6.07 Å². The van der Waals surface area contributed by atoms with Crippen LogP contribution in [-0.2, 0) is 19.1 Å². The van der Waals surface area contributed by atoms with E-state index >= 15 is 0 Å². The maximum Gasteiger partial charge on any atom is 0.339 e. The van der Waals surface area contributed by atoms with Gasteiger partial charge >= 0.3 is 11.9 Å². The quantitative estimate of drug-likeness (QED) is 0.625. The molecule has 0 amide bonds. The van der Waals surface area contributed by atoms with Crippen LogP contribution in [0.3, 0.4) is 0 Å². The molecule has 27 heavy (non-hydrogen) atoms. The van der Waals surface area contributed by atoms with Crippen LogP contribution < -0.4 is 5.73 Å². The fourth-order valence-corrected chi connectivity index (χ4v) is 3.47. The molecule has 8 nitrogen and oxygen atoms in total. The maximum atomic E-state index is 12.4. The van der Waals surface area contributed by atoms with Crippen LogP contribution >= 0.6 is 0 Å². The van der Waals surface area contributed by atoms with E-state index in [0.29, 0.717) is 11.1 Å². The summed E-state index contributed by atoms with van der Waals surface area (Å²) in [5, 5.41) is 30.9. The Morgan fingerprint density at radius 3 is 1.93 bits per heavy atom. The van der Waals surface area contributed by atoms with Gasteiger partial charge in [-0.05, 0) is 50.3 Å². The Labute approximate surface area is 157 Å². The second-order valence-electron chi connectivity index (χ2n) is 6.61. The molecule has 1 aliphatic carbocycles. The molecule has 146 valence electrons. The Balaban J connectivity index is 2.48. The van der Waals surface area contributed by atoms with Gasteiger partial charge in [0.2, 0.25) is 0 Å². The molecule has 1 aliphatic rings. The van der Waals surface area contributed by atoms with Crippen LogP contribution in [-0.4, -0.2) is 52.6 Å². The second-order valence-corrected chi connectivity index (χ2v) is 6.61. The van der Waals surface area contributed by atoms with Crippen molar-refractivity contribution < 1.29 is 29.3 Å². The maximum absolute atomic E-state index is 12.4. The van der Waals surface area contributed by atoms with Crippen molar-refractivity contribution in [3.63, 3.8) is 0 Å². The molecule has 0 aliphatic heterocycles. The summed E-state index contributed by atoms with van der Waals surface area (Å²) in [7, 11) is 0. The lowest BCUT2D eigenvalue weighted by molar-refractivity contribution is -0.198. The van der Waals surface area contributed by atoms with Crippen molar-refractivity contribution in [2.24, 2.45) is 5.73 Å². The minimum absolute atomic E-state index is 0.00717. The zero-order valence-electron chi connectivity index (χ0n) is 15.3. The minimum Gasteiger partial charge on any atom is -0.464 e. The summed E-state index contributed by atoms with van der Waals surface area (Å²) in [5.74, 6) is -2.58. The summed E-state index contributed by atoms with van der Waals surface area (Å²) in [5.41, 5.74) is 2.54. The molecule has 0 heterocycles.